The summed E-state index contributed by atoms with van der Waals surface area (Å²) in [6.45, 7) is 7.77. The molecule has 3 heteroatoms. The Kier molecular flexibility index (Phi) is 4.46. The number of halogens is 1. The van der Waals surface area contributed by atoms with E-state index in [0.29, 0.717) is 0 Å². The molecule has 2 rings (SSSR count). The molecule has 1 N–H and O–H groups in total. The van der Waals surface area contributed by atoms with Crippen molar-refractivity contribution in [2.75, 3.05) is 19.7 Å². The predicted molar refractivity (Wildman–Crippen MR) is 78.8 cm³/mol. The fourth-order valence-corrected chi connectivity index (χ4v) is 2.87. The van der Waals surface area contributed by atoms with Crippen molar-refractivity contribution in [1.29, 1.82) is 0 Å². The first-order valence-corrected chi connectivity index (χ1v) is 7.44. The maximum atomic E-state index is 9.41. The lowest BCUT2D eigenvalue weighted by molar-refractivity contribution is 0.218. The van der Waals surface area contributed by atoms with E-state index >= 15 is 0 Å². The number of hydrogen-bond donors (Lipinski definition) is 1. The van der Waals surface area contributed by atoms with Crippen LogP contribution in [0.1, 0.15) is 37.8 Å². The number of hydrogen-bond acceptors (Lipinski definition) is 2. The van der Waals surface area contributed by atoms with Gasteiger partial charge in [0.2, 0.25) is 0 Å². The number of benzene rings is 1. The lowest BCUT2D eigenvalue weighted by Gasteiger charge is -2.24. The Morgan fingerprint density at radius 3 is 2.50 bits per heavy atom. The van der Waals surface area contributed by atoms with Crippen molar-refractivity contribution in [2.45, 2.75) is 38.6 Å². The number of aliphatic hydroxyl groups excluding tert-OH is 1. The van der Waals surface area contributed by atoms with Crippen LogP contribution >= 0.6 is 15.9 Å². The molecule has 1 fully saturated rings. The minimum atomic E-state index is -0.172. The number of aliphatic hydroxyl groups is 1. The van der Waals surface area contributed by atoms with Gasteiger partial charge in [-0.05, 0) is 43.1 Å². The second-order valence-corrected chi connectivity index (χ2v) is 6.69. The predicted octanol–water partition coefficient (Wildman–Crippen LogP) is 3.31. The molecule has 2 nitrogen and oxygen atoms in total. The summed E-state index contributed by atoms with van der Waals surface area (Å²) in [5, 5.41) is 9.41. The third-order valence-electron chi connectivity index (χ3n) is 3.82. The summed E-state index contributed by atoms with van der Waals surface area (Å²) in [5.41, 5.74) is 2.35. The van der Waals surface area contributed by atoms with E-state index in [1.807, 2.05) is 0 Å². The standard InChI is InChI=1S/C15H22BrNO/c1-15(2,11-18)13-6-5-12(14(16)9-13)10-17-7-3-4-8-17/h5-6,9,18H,3-4,7-8,10-11H2,1-2H3. The highest BCUT2D eigenvalue weighted by Gasteiger charge is 2.20. The minimum Gasteiger partial charge on any atom is -0.395 e. The van der Waals surface area contributed by atoms with E-state index in [0.717, 1.165) is 11.0 Å². The van der Waals surface area contributed by atoms with Crippen LogP contribution in [0.3, 0.4) is 0 Å². The van der Waals surface area contributed by atoms with Gasteiger partial charge in [0.05, 0.1) is 6.61 Å². The quantitative estimate of drug-likeness (QED) is 0.922. The fraction of sp³-hybridized carbons (Fsp3) is 0.600. The molecule has 0 radical (unpaired) electrons. The number of rotatable bonds is 4. The van der Waals surface area contributed by atoms with Gasteiger partial charge in [-0.15, -0.1) is 0 Å². The summed E-state index contributed by atoms with van der Waals surface area (Å²) in [5.74, 6) is 0. The van der Waals surface area contributed by atoms with Crippen LogP contribution in [0.15, 0.2) is 22.7 Å². The molecule has 1 aliphatic heterocycles. The van der Waals surface area contributed by atoms with Crippen molar-refractivity contribution in [1.82, 2.24) is 4.90 Å². The Hall–Kier alpha value is -0.380. The van der Waals surface area contributed by atoms with Gasteiger partial charge in [0, 0.05) is 16.4 Å². The Morgan fingerprint density at radius 2 is 1.94 bits per heavy atom. The van der Waals surface area contributed by atoms with Gasteiger partial charge in [-0.1, -0.05) is 41.9 Å². The summed E-state index contributed by atoms with van der Waals surface area (Å²) in [4.78, 5) is 2.50. The molecule has 1 heterocycles. The molecule has 0 unspecified atom stereocenters. The van der Waals surface area contributed by atoms with E-state index < -0.39 is 0 Å². The normalized spacial score (nSPS) is 17.3. The number of nitrogens with zero attached hydrogens (tertiary/aromatic N) is 1. The van der Waals surface area contributed by atoms with Crippen LogP contribution < -0.4 is 0 Å². The van der Waals surface area contributed by atoms with Gasteiger partial charge in [-0.3, -0.25) is 4.90 Å². The molecule has 0 atom stereocenters. The highest BCUT2D eigenvalue weighted by Crippen LogP contribution is 2.28. The molecular weight excluding hydrogens is 290 g/mol. The van der Waals surface area contributed by atoms with E-state index in [1.54, 1.807) is 0 Å². The summed E-state index contributed by atoms with van der Waals surface area (Å²) in [6.07, 6.45) is 2.65. The highest BCUT2D eigenvalue weighted by molar-refractivity contribution is 9.10. The van der Waals surface area contributed by atoms with Crippen LogP contribution in [0.2, 0.25) is 0 Å². The SMILES string of the molecule is CC(C)(CO)c1ccc(CN2CCCC2)c(Br)c1. The van der Waals surface area contributed by atoms with Crippen LogP contribution in [-0.2, 0) is 12.0 Å². The molecule has 1 aliphatic rings. The van der Waals surface area contributed by atoms with Crippen molar-refractivity contribution in [3.63, 3.8) is 0 Å². The molecular formula is C15H22BrNO. The van der Waals surface area contributed by atoms with E-state index in [9.17, 15) is 5.11 Å². The van der Waals surface area contributed by atoms with Crippen LogP contribution in [0.4, 0.5) is 0 Å². The second-order valence-electron chi connectivity index (χ2n) is 5.83. The molecule has 0 spiro atoms. The zero-order valence-electron chi connectivity index (χ0n) is 11.2. The van der Waals surface area contributed by atoms with Gasteiger partial charge in [-0.2, -0.15) is 0 Å². The van der Waals surface area contributed by atoms with Crippen LogP contribution in [0, 0.1) is 0 Å². The topological polar surface area (TPSA) is 23.5 Å². The lowest BCUT2D eigenvalue weighted by Crippen LogP contribution is -2.22. The Morgan fingerprint density at radius 1 is 1.28 bits per heavy atom. The van der Waals surface area contributed by atoms with Crippen molar-refractivity contribution < 1.29 is 5.11 Å². The largest absolute Gasteiger partial charge is 0.395 e. The summed E-state index contributed by atoms with van der Waals surface area (Å²) in [7, 11) is 0. The van der Waals surface area contributed by atoms with Crippen molar-refractivity contribution in [3.8, 4) is 0 Å². The van der Waals surface area contributed by atoms with Crippen molar-refractivity contribution in [2.24, 2.45) is 0 Å². The smallest absolute Gasteiger partial charge is 0.0522 e. The molecule has 0 aliphatic carbocycles. The maximum absolute atomic E-state index is 9.41. The molecule has 1 aromatic rings. The van der Waals surface area contributed by atoms with E-state index in [-0.39, 0.29) is 12.0 Å². The first-order chi connectivity index (χ1) is 8.53. The second kappa shape index (κ2) is 5.72. The third kappa shape index (κ3) is 3.14. The van der Waals surface area contributed by atoms with Crippen LogP contribution in [-0.4, -0.2) is 29.7 Å². The average molecular weight is 312 g/mol. The third-order valence-corrected chi connectivity index (χ3v) is 4.56. The zero-order chi connectivity index (χ0) is 13.2. The zero-order valence-corrected chi connectivity index (χ0v) is 12.8. The Bertz CT molecular complexity index is 411. The molecule has 100 valence electrons. The highest BCUT2D eigenvalue weighted by atomic mass is 79.9. The monoisotopic (exact) mass is 311 g/mol. The summed E-state index contributed by atoms with van der Waals surface area (Å²) in [6, 6.07) is 6.49. The van der Waals surface area contributed by atoms with Crippen LogP contribution in [0.25, 0.3) is 0 Å². The van der Waals surface area contributed by atoms with Gasteiger partial charge in [0.1, 0.15) is 0 Å². The maximum Gasteiger partial charge on any atom is 0.0522 e. The van der Waals surface area contributed by atoms with Gasteiger partial charge in [0.25, 0.3) is 0 Å². The van der Waals surface area contributed by atoms with Crippen LogP contribution in [0.5, 0.6) is 0 Å². The molecule has 0 bridgehead atoms. The minimum absolute atomic E-state index is 0.172. The van der Waals surface area contributed by atoms with Gasteiger partial charge in [-0.25, -0.2) is 0 Å². The Labute approximate surface area is 118 Å². The van der Waals surface area contributed by atoms with Crippen molar-refractivity contribution >= 4 is 15.9 Å². The molecule has 0 aromatic heterocycles. The molecule has 1 aromatic carbocycles. The fourth-order valence-electron chi connectivity index (χ4n) is 2.37. The van der Waals surface area contributed by atoms with E-state index in [1.165, 1.54) is 37.1 Å². The van der Waals surface area contributed by atoms with Gasteiger partial charge >= 0.3 is 0 Å². The molecule has 18 heavy (non-hydrogen) atoms. The van der Waals surface area contributed by atoms with Gasteiger partial charge in [0.15, 0.2) is 0 Å². The lowest BCUT2D eigenvalue weighted by atomic mass is 9.85. The molecule has 1 saturated heterocycles. The first-order valence-electron chi connectivity index (χ1n) is 6.65. The van der Waals surface area contributed by atoms with Gasteiger partial charge < -0.3 is 5.11 Å². The molecule has 0 saturated carbocycles. The summed E-state index contributed by atoms with van der Waals surface area (Å²) < 4.78 is 1.16. The van der Waals surface area contributed by atoms with Crippen molar-refractivity contribution in [3.05, 3.63) is 33.8 Å². The average Bonchev–Trinajstić information content (AvgIpc) is 2.84. The molecule has 0 amide bonds. The van der Waals surface area contributed by atoms with E-state index in [4.69, 9.17) is 0 Å². The summed E-state index contributed by atoms with van der Waals surface area (Å²) >= 11 is 3.67. The first kappa shape index (κ1) is 14.0. The number of likely N-dealkylation sites (tertiary alicyclic amines) is 1. The van der Waals surface area contributed by atoms with E-state index in [2.05, 4.69) is 52.9 Å². The Balaban J connectivity index is 2.14.